The fourth-order valence-corrected chi connectivity index (χ4v) is 7.97. The maximum Gasteiger partial charge on any atom is 0.160 e. The van der Waals surface area contributed by atoms with Crippen LogP contribution in [0.5, 0.6) is 0 Å². The highest BCUT2D eigenvalue weighted by atomic mass is 14.9. The SMILES string of the molecule is C=C/C=C\C(=C(C)C)c1nc(-c2cc(-c3cc(/C(C=C)=C/C=C)cc(-c4ccccc4)c3)cc(-c3cc4ccccc4c4ccccc34)c2)nc(-c2ccccc2)c1C. The maximum atomic E-state index is 5.45. The van der Waals surface area contributed by atoms with E-state index >= 15 is 0 Å². The van der Waals surface area contributed by atoms with Crippen LogP contribution in [-0.4, -0.2) is 9.97 Å². The second kappa shape index (κ2) is 17.0. The van der Waals surface area contributed by atoms with Gasteiger partial charge in [-0.05, 0) is 135 Å². The Hall–Kier alpha value is -7.42. The Bertz CT molecular complexity index is 2990. The molecule has 2 heteroatoms. The molecule has 7 aromatic carbocycles. The van der Waals surface area contributed by atoms with Gasteiger partial charge >= 0.3 is 0 Å². The minimum absolute atomic E-state index is 0.654. The molecule has 0 fully saturated rings. The van der Waals surface area contributed by atoms with Gasteiger partial charge in [0.2, 0.25) is 0 Å². The number of benzene rings is 7. The van der Waals surface area contributed by atoms with Crippen LogP contribution in [0.4, 0.5) is 0 Å². The van der Waals surface area contributed by atoms with Gasteiger partial charge in [-0.25, -0.2) is 9.97 Å². The lowest BCUT2D eigenvalue weighted by molar-refractivity contribution is 1.11. The molecule has 0 saturated carbocycles. The number of fused-ring (bicyclic) bond motifs is 3. The number of aromatic nitrogens is 2. The van der Waals surface area contributed by atoms with E-state index in [-0.39, 0.29) is 0 Å². The van der Waals surface area contributed by atoms with Crippen LogP contribution in [-0.2, 0) is 0 Å². The van der Waals surface area contributed by atoms with Gasteiger partial charge < -0.3 is 0 Å². The highest BCUT2D eigenvalue weighted by Crippen LogP contribution is 2.41. The van der Waals surface area contributed by atoms with Crippen molar-refractivity contribution >= 4 is 32.7 Å². The Balaban J connectivity index is 1.47. The van der Waals surface area contributed by atoms with E-state index in [9.17, 15) is 0 Å². The van der Waals surface area contributed by atoms with Gasteiger partial charge in [0.1, 0.15) is 0 Å². The molecule has 0 unspecified atom stereocenters. The number of hydrogen-bond donors (Lipinski definition) is 0. The molecule has 0 aliphatic heterocycles. The quantitative estimate of drug-likeness (QED) is 0.0970. The molecular formula is C57H46N2. The topological polar surface area (TPSA) is 25.8 Å². The van der Waals surface area contributed by atoms with Crippen molar-refractivity contribution in [3.63, 3.8) is 0 Å². The van der Waals surface area contributed by atoms with Gasteiger partial charge in [0, 0.05) is 16.7 Å². The molecule has 2 nitrogen and oxygen atoms in total. The summed E-state index contributed by atoms with van der Waals surface area (Å²) in [6.07, 6.45) is 11.6. The molecule has 8 rings (SSSR count). The van der Waals surface area contributed by atoms with Crippen LogP contribution in [0.15, 0.2) is 213 Å². The number of hydrogen-bond acceptors (Lipinski definition) is 2. The van der Waals surface area contributed by atoms with Crippen molar-refractivity contribution in [2.24, 2.45) is 0 Å². The summed E-state index contributed by atoms with van der Waals surface area (Å²) in [6, 6.07) is 54.2. The molecule has 0 bridgehead atoms. The van der Waals surface area contributed by atoms with E-state index in [1.807, 2.05) is 36.4 Å². The van der Waals surface area contributed by atoms with Crippen LogP contribution in [0, 0.1) is 6.92 Å². The van der Waals surface area contributed by atoms with Crippen LogP contribution in [0.3, 0.4) is 0 Å². The van der Waals surface area contributed by atoms with Gasteiger partial charge in [-0.15, -0.1) is 0 Å². The molecule has 284 valence electrons. The third-order valence-electron chi connectivity index (χ3n) is 10.9. The molecule has 0 spiro atoms. The van der Waals surface area contributed by atoms with E-state index in [1.165, 1.54) is 21.5 Å². The Morgan fingerprint density at radius 1 is 0.525 bits per heavy atom. The summed E-state index contributed by atoms with van der Waals surface area (Å²) in [7, 11) is 0. The molecule has 0 radical (unpaired) electrons. The van der Waals surface area contributed by atoms with Gasteiger partial charge in [0.05, 0.1) is 11.4 Å². The summed E-state index contributed by atoms with van der Waals surface area (Å²) in [5.41, 5.74) is 15.6. The van der Waals surface area contributed by atoms with Gasteiger partial charge in [-0.3, -0.25) is 0 Å². The first-order valence-corrected chi connectivity index (χ1v) is 20.0. The Kier molecular flexibility index (Phi) is 11.1. The summed E-state index contributed by atoms with van der Waals surface area (Å²) in [5, 5.41) is 4.82. The Labute approximate surface area is 348 Å². The lowest BCUT2D eigenvalue weighted by atomic mass is 9.88. The molecule has 1 aromatic heterocycles. The van der Waals surface area contributed by atoms with E-state index in [4.69, 9.17) is 9.97 Å². The van der Waals surface area contributed by atoms with Crippen LogP contribution in [0.25, 0.3) is 88.7 Å². The fourth-order valence-electron chi connectivity index (χ4n) is 7.97. The van der Waals surface area contributed by atoms with Crippen LogP contribution >= 0.6 is 0 Å². The smallest absolute Gasteiger partial charge is 0.160 e. The number of rotatable bonds is 11. The monoisotopic (exact) mass is 758 g/mol. The van der Waals surface area contributed by atoms with Crippen LogP contribution in [0.1, 0.15) is 30.7 Å². The predicted octanol–water partition coefficient (Wildman–Crippen LogP) is 15.7. The van der Waals surface area contributed by atoms with E-state index in [0.717, 1.165) is 83.7 Å². The summed E-state index contributed by atoms with van der Waals surface area (Å²) >= 11 is 0. The van der Waals surface area contributed by atoms with Crippen molar-refractivity contribution < 1.29 is 0 Å². The first-order chi connectivity index (χ1) is 28.9. The lowest BCUT2D eigenvalue weighted by Crippen LogP contribution is -2.03. The highest BCUT2D eigenvalue weighted by molar-refractivity contribution is 6.14. The van der Waals surface area contributed by atoms with E-state index in [2.05, 4.69) is 192 Å². The molecule has 1 heterocycles. The molecule has 0 aliphatic carbocycles. The lowest BCUT2D eigenvalue weighted by Gasteiger charge is -2.18. The van der Waals surface area contributed by atoms with Gasteiger partial charge in [-0.1, -0.05) is 171 Å². The fraction of sp³-hybridized carbons (Fsp3) is 0.0526. The minimum atomic E-state index is 0.654. The zero-order chi connectivity index (χ0) is 40.9. The maximum absolute atomic E-state index is 5.45. The van der Waals surface area contributed by atoms with Crippen molar-refractivity contribution in [3.05, 3.63) is 230 Å². The van der Waals surface area contributed by atoms with Crippen molar-refractivity contribution in [2.45, 2.75) is 20.8 Å². The molecule has 0 amide bonds. The third kappa shape index (κ3) is 7.82. The second-order valence-electron chi connectivity index (χ2n) is 15.0. The molecule has 8 aromatic rings. The molecule has 0 atom stereocenters. The van der Waals surface area contributed by atoms with Gasteiger partial charge in [0.15, 0.2) is 5.82 Å². The van der Waals surface area contributed by atoms with Crippen molar-refractivity contribution in [1.29, 1.82) is 0 Å². The van der Waals surface area contributed by atoms with Gasteiger partial charge in [-0.2, -0.15) is 0 Å². The summed E-state index contributed by atoms with van der Waals surface area (Å²) < 4.78 is 0. The first kappa shape index (κ1) is 38.5. The average molecular weight is 759 g/mol. The summed E-state index contributed by atoms with van der Waals surface area (Å²) in [5.74, 6) is 0.654. The molecule has 0 aliphatic rings. The standard InChI is InChI=1S/C57H46N2/c1-7-10-27-50(38(4)5)56-39(6)55(42-24-15-12-16-25-42)58-57(59-56)49-35-47(46-32-44(40(9-3)21-8-2)31-45(33-46)41-22-13-11-14-23-41)34-48(36-49)54-37-43-26-17-18-28-51(43)52-29-19-20-30-53(52)54/h7-37H,1-3H2,4-6H3/b27-10-,40-21+. The normalized spacial score (nSPS) is 11.5. The average Bonchev–Trinajstić information content (AvgIpc) is 3.28. The predicted molar refractivity (Wildman–Crippen MR) is 255 cm³/mol. The second-order valence-corrected chi connectivity index (χ2v) is 15.0. The first-order valence-electron chi connectivity index (χ1n) is 20.0. The van der Waals surface area contributed by atoms with Crippen molar-refractivity contribution in [1.82, 2.24) is 9.97 Å². The van der Waals surface area contributed by atoms with E-state index in [0.29, 0.717) is 5.82 Å². The molecule has 0 N–H and O–H groups in total. The molecule has 59 heavy (non-hydrogen) atoms. The Morgan fingerprint density at radius 3 is 1.78 bits per heavy atom. The zero-order valence-electron chi connectivity index (χ0n) is 33.9. The highest BCUT2D eigenvalue weighted by Gasteiger charge is 2.20. The third-order valence-corrected chi connectivity index (χ3v) is 10.9. The Morgan fingerprint density at radius 2 is 1.10 bits per heavy atom. The largest absolute Gasteiger partial charge is 0.228 e. The summed E-state index contributed by atoms with van der Waals surface area (Å²) in [6.45, 7) is 18.5. The van der Waals surface area contributed by atoms with Crippen LogP contribution in [0.2, 0.25) is 0 Å². The van der Waals surface area contributed by atoms with E-state index < -0.39 is 0 Å². The molecule has 0 saturated heterocycles. The summed E-state index contributed by atoms with van der Waals surface area (Å²) in [4.78, 5) is 10.9. The van der Waals surface area contributed by atoms with Gasteiger partial charge in [0.25, 0.3) is 0 Å². The number of allylic oxidation sites excluding steroid dienone is 9. The van der Waals surface area contributed by atoms with Crippen molar-refractivity contribution in [2.75, 3.05) is 0 Å². The minimum Gasteiger partial charge on any atom is -0.228 e. The van der Waals surface area contributed by atoms with Crippen molar-refractivity contribution in [3.8, 4) is 56.0 Å². The van der Waals surface area contributed by atoms with Crippen LogP contribution < -0.4 is 0 Å². The van der Waals surface area contributed by atoms with E-state index in [1.54, 1.807) is 0 Å². The molecular weight excluding hydrogens is 713 g/mol. The zero-order valence-corrected chi connectivity index (χ0v) is 33.9. The number of nitrogens with zero attached hydrogens (tertiary/aromatic N) is 2.